The van der Waals surface area contributed by atoms with E-state index in [0.717, 1.165) is 23.1 Å². The third-order valence-electron chi connectivity index (χ3n) is 3.75. The first-order chi connectivity index (χ1) is 13.0. The van der Waals surface area contributed by atoms with E-state index in [1.165, 1.54) is 0 Å². The van der Waals surface area contributed by atoms with Crippen LogP contribution in [-0.4, -0.2) is 32.4 Å². The molecule has 0 saturated heterocycles. The molecular formula is C21H26N2O4. The van der Waals surface area contributed by atoms with E-state index in [1.54, 1.807) is 19.4 Å². The number of benzene rings is 2. The summed E-state index contributed by atoms with van der Waals surface area (Å²) >= 11 is 0. The number of aryl methyl sites for hydroxylation is 2. The van der Waals surface area contributed by atoms with Gasteiger partial charge in [-0.3, -0.25) is 4.79 Å². The number of hydrogen-bond donors (Lipinski definition) is 1. The zero-order valence-corrected chi connectivity index (χ0v) is 16.2. The topological polar surface area (TPSA) is 69.2 Å². The Bertz CT molecular complexity index is 803. The lowest BCUT2D eigenvalue weighted by atomic mass is 10.1. The van der Waals surface area contributed by atoms with Crippen LogP contribution in [0.15, 0.2) is 41.5 Å². The summed E-state index contributed by atoms with van der Waals surface area (Å²) in [5.41, 5.74) is 5.30. The van der Waals surface area contributed by atoms with Crippen molar-refractivity contribution in [2.45, 2.75) is 27.2 Å². The van der Waals surface area contributed by atoms with Gasteiger partial charge in [0, 0.05) is 0 Å². The number of hydrogen-bond acceptors (Lipinski definition) is 5. The molecule has 2 aromatic carbocycles. The molecule has 0 aliphatic heterocycles. The van der Waals surface area contributed by atoms with E-state index in [9.17, 15) is 4.79 Å². The summed E-state index contributed by atoms with van der Waals surface area (Å²) in [4.78, 5) is 11.9. The fraction of sp³-hybridized carbons (Fsp3) is 0.333. The summed E-state index contributed by atoms with van der Waals surface area (Å²) in [5.74, 6) is 1.67. The van der Waals surface area contributed by atoms with Crippen molar-refractivity contribution in [1.29, 1.82) is 0 Å². The number of carbonyl (C=O) groups is 1. The molecule has 0 bridgehead atoms. The summed E-state index contributed by atoms with van der Waals surface area (Å²) in [6.07, 6.45) is 2.46. The Morgan fingerprint density at radius 2 is 1.89 bits per heavy atom. The second-order valence-corrected chi connectivity index (χ2v) is 6.11. The maximum Gasteiger partial charge on any atom is 0.277 e. The third kappa shape index (κ3) is 6.33. The van der Waals surface area contributed by atoms with Crippen LogP contribution in [-0.2, 0) is 4.79 Å². The van der Waals surface area contributed by atoms with Gasteiger partial charge in [-0.25, -0.2) is 5.43 Å². The molecule has 0 atom stereocenters. The summed E-state index contributed by atoms with van der Waals surface area (Å²) in [6.45, 7) is 6.48. The normalized spacial score (nSPS) is 10.7. The molecule has 0 aliphatic carbocycles. The number of nitrogens with one attached hydrogen (secondary N) is 1. The summed E-state index contributed by atoms with van der Waals surface area (Å²) in [5, 5.41) is 3.96. The molecule has 1 amide bonds. The van der Waals surface area contributed by atoms with E-state index in [0.29, 0.717) is 23.9 Å². The SMILES string of the molecule is CCCOc1ccc(/C=N\NC(=O)COc2cc(C)ccc2C)cc1OC. The van der Waals surface area contributed by atoms with Gasteiger partial charge in [0.25, 0.3) is 5.91 Å². The Balaban J connectivity index is 1.88. The lowest BCUT2D eigenvalue weighted by Crippen LogP contribution is -2.24. The number of rotatable bonds is 9. The maximum absolute atomic E-state index is 11.9. The first-order valence-electron chi connectivity index (χ1n) is 8.86. The molecule has 6 heteroatoms. The van der Waals surface area contributed by atoms with Crippen LogP contribution in [0.4, 0.5) is 0 Å². The van der Waals surface area contributed by atoms with Crippen molar-refractivity contribution in [2.75, 3.05) is 20.3 Å². The van der Waals surface area contributed by atoms with Crippen LogP contribution in [0.3, 0.4) is 0 Å². The summed E-state index contributed by atoms with van der Waals surface area (Å²) < 4.78 is 16.5. The molecule has 2 aromatic rings. The monoisotopic (exact) mass is 370 g/mol. The highest BCUT2D eigenvalue weighted by molar-refractivity contribution is 5.83. The molecule has 0 aromatic heterocycles. The lowest BCUT2D eigenvalue weighted by Gasteiger charge is -2.10. The molecule has 2 rings (SSSR count). The highest BCUT2D eigenvalue weighted by Crippen LogP contribution is 2.27. The second kappa shape index (κ2) is 10.2. The maximum atomic E-state index is 11.9. The van der Waals surface area contributed by atoms with Gasteiger partial charge >= 0.3 is 0 Å². The predicted molar refractivity (Wildman–Crippen MR) is 106 cm³/mol. The first kappa shape index (κ1) is 20.3. The Hall–Kier alpha value is -3.02. The number of hydrazone groups is 1. The molecule has 0 unspecified atom stereocenters. The fourth-order valence-corrected chi connectivity index (χ4v) is 2.31. The van der Waals surface area contributed by atoms with Gasteiger partial charge in [-0.2, -0.15) is 5.10 Å². The number of nitrogens with zero attached hydrogens (tertiary/aromatic N) is 1. The molecule has 0 spiro atoms. The van der Waals surface area contributed by atoms with Gasteiger partial charge in [0.15, 0.2) is 18.1 Å². The van der Waals surface area contributed by atoms with Crippen LogP contribution in [0.5, 0.6) is 17.2 Å². The zero-order valence-electron chi connectivity index (χ0n) is 16.2. The van der Waals surface area contributed by atoms with Crippen molar-refractivity contribution in [3.05, 3.63) is 53.1 Å². The summed E-state index contributed by atoms with van der Waals surface area (Å²) in [7, 11) is 1.58. The first-order valence-corrected chi connectivity index (χ1v) is 8.86. The van der Waals surface area contributed by atoms with Gasteiger partial charge in [0.05, 0.1) is 19.9 Å². The molecule has 144 valence electrons. The van der Waals surface area contributed by atoms with E-state index in [4.69, 9.17) is 14.2 Å². The second-order valence-electron chi connectivity index (χ2n) is 6.11. The molecule has 6 nitrogen and oxygen atoms in total. The zero-order chi connectivity index (χ0) is 19.6. The van der Waals surface area contributed by atoms with Crippen LogP contribution >= 0.6 is 0 Å². The van der Waals surface area contributed by atoms with Gasteiger partial charge in [0.1, 0.15) is 5.75 Å². The van der Waals surface area contributed by atoms with E-state index >= 15 is 0 Å². The van der Waals surface area contributed by atoms with Crippen molar-refractivity contribution in [2.24, 2.45) is 5.10 Å². The van der Waals surface area contributed by atoms with Gasteiger partial charge in [-0.15, -0.1) is 0 Å². The number of ether oxygens (including phenoxy) is 3. The van der Waals surface area contributed by atoms with Crippen LogP contribution in [0.1, 0.15) is 30.0 Å². The van der Waals surface area contributed by atoms with Crippen molar-refractivity contribution >= 4 is 12.1 Å². The summed E-state index contributed by atoms with van der Waals surface area (Å²) in [6, 6.07) is 11.3. The van der Waals surface area contributed by atoms with Crippen LogP contribution in [0.2, 0.25) is 0 Å². The third-order valence-corrected chi connectivity index (χ3v) is 3.75. The van der Waals surface area contributed by atoms with Crippen molar-refractivity contribution in [3.63, 3.8) is 0 Å². The van der Waals surface area contributed by atoms with Crippen molar-refractivity contribution in [3.8, 4) is 17.2 Å². The van der Waals surface area contributed by atoms with Crippen molar-refractivity contribution < 1.29 is 19.0 Å². The lowest BCUT2D eigenvalue weighted by molar-refractivity contribution is -0.123. The smallest absolute Gasteiger partial charge is 0.277 e. The molecule has 27 heavy (non-hydrogen) atoms. The predicted octanol–water partition coefficient (Wildman–Crippen LogP) is 3.63. The Morgan fingerprint density at radius 3 is 2.63 bits per heavy atom. The van der Waals surface area contributed by atoms with Crippen LogP contribution in [0.25, 0.3) is 0 Å². The van der Waals surface area contributed by atoms with Gasteiger partial charge in [0.2, 0.25) is 0 Å². The quantitative estimate of drug-likeness (QED) is 0.541. The Morgan fingerprint density at radius 1 is 1.07 bits per heavy atom. The average Bonchev–Trinajstić information content (AvgIpc) is 2.67. The average molecular weight is 370 g/mol. The molecule has 0 heterocycles. The Labute approximate surface area is 160 Å². The molecular weight excluding hydrogens is 344 g/mol. The van der Waals surface area contributed by atoms with E-state index < -0.39 is 0 Å². The number of amides is 1. The van der Waals surface area contributed by atoms with E-state index in [2.05, 4.69) is 10.5 Å². The van der Waals surface area contributed by atoms with Gasteiger partial charge < -0.3 is 14.2 Å². The fourth-order valence-electron chi connectivity index (χ4n) is 2.31. The number of carbonyl (C=O) groups excluding carboxylic acids is 1. The van der Waals surface area contributed by atoms with Crippen LogP contribution in [0, 0.1) is 13.8 Å². The molecule has 0 saturated carbocycles. The Kier molecular flexibility index (Phi) is 7.67. The highest BCUT2D eigenvalue weighted by Gasteiger charge is 2.06. The number of methoxy groups -OCH3 is 1. The van der Waals surface area contributed by atoms with Gasteiger partial charge in [-0.05, 0) is 61.2 Å². The van der Waals surface area contributed by atoms with Crippen molar-refractivity contribution in [1.82, 2.24) is 5.43 Å². The minimum Gasteiger partial charge on any atom is -0.493 e. The van der Waals surface area contributed by atoms with Crippen LogP contribution < -0.4 is 19.6 Å². The molecule has 1 N–H and O–H groups in total. The van der Waals surface area contributed by atoms with E-state index in [1.807, 2.05) is 51.1 Å². The minimum atomic E-state index is -0.331. The molecule has 0 radical (unpaired) electrons. The van der Waals surface area contributed by atoms with Gasteiger partial charge in [-0.1, -0.05) is 19.1 Å². The van der Waals surface area contributed by atoms with E-state index in [-0.39, 0.29) is 12.5 Å². The highest BCUT2D eigenvalue weighted by atomic mass is 16.5. The molecule has 0 aliphatic rings. The largest absolute Gasteiger partial charge is 0.493 e. The standard InChI is InChI=1S/C21H26N2O4/c1-5-10-26-18-9-8-17(12-20(18)25-4)13-22-23-21(24)14-27-19-11-15(2)6-7-16(19)3/h6-9,11-13H,5,10,14H2,1-4H3,(H,23,24)/b22-13-. The minimum absolute atomic E-state index is 0.102. The molecule has 0 fully saturated rings.